The summed E-state index contributed by atoms with van der Waals surface area (Å²) in [7, 11) is 0. The second-order valence-electron chi connectivity index (χ2n) is 8.26. The molecule has 2 heterocycles. The minimum Gasteiger partial charge on any atom is -0.454 e. The third-order valence-electron chi connectivity index (χ3n) is 6.14. The fraction of sp³-hybridized carbons (Fsp3) is 0.591. The van der Waals surface area contributed by atoms with Crippen molar-refractivity contribution in [3.63, 3.8) is 0 Å². The number of carbonyl (C=O) groups excluding carboxylic acids is 3. The maximum atomic E-state index is 13.1. The molecule has 1 saturated carbocycles. The van der Waals surface area contributed by atoms with Gasteiger partial charge >= 0.3 is 5.97 Å². The topological polar surface area (TPSA) is 103 Å². The highest BCUT2D eigenvalue weighted by atomic mass is 16.7. The molecule has 0 spiro atoms. The van der Waals surface area contributed by atoms with Crippen LogP contribution in [0.2, 0.25) is 0 Å². The van der Waals surface area contributed by atoms with E-state index in [2.05, 4.69) is 5.32 Å². The molecule has 3 aliphatic rings. The summed E-state index contributed by atoms with van der Waals surface area (Å²) in [5.74, 6) is 0.194. The Kier molecular flexibility index (Phi) is 6.31. The van der Waals surface area contributed by atoms with Gasteiger partial charge in [0.15, 0.2) is 17.6 Å². The zero-order chi connectivity index (χ0) is 21.8. The molecule has 9 heteroatoms. The van der Waals surface area contributed by atoms with Gasteiger partial charge in [0.05, 0.1) is 18.6 Å². The van der Waals surface area contributed by atoms with Crippen LogP contribution in [-0.4, -0.2) is 61.9 Å². The summed E-state index contributed by atoms with van der Waals surface area (Å²) in [6, 6.07) is 5.06. The Morgan fingerprint density at radius 3 is 2.58 bits per heavy atom. The zero-order valence-electron chi connectivity index (χ0n) is 17.7. The molecule has 2 aliphatic heterocycles. The van der Waals surface area contributed by atoms with Gasteiger partial charge in [0.2, 0.25) is 12.7 Å². The lowest BCUT2D eigenvalue weighted by atomic mass is 9.82. The lowest BCUT2D eigenvalue weighted by Gasteiger charge is -2.32. The summed E-state index contributed by atoms with van der Waals surface area (Å²) in [4.78, 5) is 40.2. The molecule has 1 N–H and O–H groups in total. The molecule has 2 amide bonds. The molecule has 0 bridgehead atoms. The van der Waals surface area contributed by atoms with Crippen LogP contribution < -0.4 is 14.8 Å². The lowest BCUT2D eigenvalue weighted by Crippen LogP contribution is -2.45. The molecule has 1 aromatic rings. The van der Waals surface area contributed by atoms with E-state index in [1.54, 1.807) is 23.1 Å². The van der Waals surface area contributed by atoms with Gasteiger partial charge in [0.1, 0.15) is 0 Å². The van der Waals surface area contributed by atoms with Gasteiger partial charge in [-0.05, 0) is 31.9 Å². The number of anilines is 1. The summed E-state index contributed by atoms with van der Waals surface area (Å²) in [5, 5.41) is 2.73. The molecule has 1 saturated heterocycles. The van der Waals surface area contributed by atoms with Gasteiger partial charge in [-0.1, -0.05) is 12.8 Å². The number of hydrogen-bond acceptors (Lipinski definition) is 7. The highest BCUT2D eigenvalue weighted by Crippen LogP contribution is 2.43. The standard InChI is InChI=1S/C22H28N2O7/c1-15(20(26)23-16-4-5-17-18(12-16)30-14-29-17)31-21(27)22(6-2-3-7-22)13-19(25)24-8-10-28-11-9-24/h4-5,12,15H,2-3,6-11,13-14H2,1H3,(H,23,26). The van der Waals surface area contributed by atoms with E-state index in [9.17, 15) is 14.4 Å². The first kappa shape index (κ1) is 21.4. The maximum Gasteiger partial charge on any atom is 0.313 e. The Morgan fingerprint density at radius 1 is 1.13 bits per heavy atom. The second-order valence-corrected chi connectivity index (χ2v) is 8.26. The van der Waals surface area contributed by atoms with Crippen LogP contribution in [0, 0.1) is 5.41 Å². The largest absolute Gasteiger partial charge is 0.454 e. The molecule has 0 radical (unpaired) electrons. The summed E-state index contributed by atoms with van der Waals surface area (Å²) in [6.07, 6.45) is 2.04. The van der Waals surface area contributed by atoms with Crippen molar-refractivity contribution in [2.75, 3.05) is 38.4 Å². The first-order valence-corrected chi connectivity index (χ1v) is 10.7. The number of nitrogens with zero attached hydrogens (tertiary/aromatic N) is 1. The number of amides is 2. The van der Waals surface area contributed by atoms with E-state index in [1.807, 2.05) is 0 Å². The maximum absolute atomic E-state index is 13.1. The highest BCUT2D eigenvalue weighted by molar-refractivity contribution is 5.96. The molecule has 168 valence electrons. The Balaban J connectivity index is 1.36. The first-order valence-electron chi connectivity index (χ1n) is 10.7. The van der Waals surface area contributed by atoms with E-state index in [1.165, 1.54) is 6.92 Å². The second kappa shape index (κ2) is 9.13. The quantitative estimate of drug-likeness (QED) is 0.687. The minimum atomic E-state index is -0.992. The number of rotatable bonds is 6. The van der Waals surface area contributed by atoms with Crippen molar-refractivity contribution in [2.24, 2.45) is 5.41 Å². The van der Waals surface area contributed by atoms with Crippen molar-refractivity contribution >= 4 is 23.5 Å². The van der Waals surface area contributed by atoms with E-state index in [-0.39, 0.29) is 19.1 Å². The average molecular weight is 432 g/mol. The van der Waals surface area contributed by atoms with E-state index >= 15 is 0 Å². The number of nitrogens with one attached hydrogen (secondary N) is 1. The monoisotopic (exact) mass is 432 g/mol. The van der Waals surface area contributed by atoms with Crippen LogP contribution in [0.1, 0.15) is 39.0 Å². The number of carbonyl (C=O) groups is 3. The van der Waals surface area contributed by atoms with Gasteiger partial charge < -0.3 is 29.2 Å². The molecule has 1 unspecified atom stereocenters. The fourth-order valence-corrected chi connectivity index (χ4v) is 4.28. The molecule has 2 fully saturated rings. The molecule has 4 rings (SSSR count). The molecular weight excluding hydrogens is 404 g/mol. The van der Waals surface area contributed by atoms with Crippen LogP contribution in [0.3, 0.4) is 0 Å². The highest BCUT2D eigenvalue weighted by Gasteiger charge is 2.46. The summed E-state index contributed by atoms with van der Waals surface area (Å²) in [6.45, 7) is 3.79. The number of hydrogen-bond donors (Lipinski definition) is 1. The van der Waals surface area contributed by atoms with Crippen LogP contribution in [0.15, 0.2) is 18.2 Å². The van der Waals surface area contributed by atoms with E-state index in [0.29, 0.717) is 56.3 Å². The van der Waals surface area contributed by atoms with Crippen molar-refractivity contribution < 1.29 is 33.3 Å². The molecule has 1 aromatic carbocycles. The third kappa shape index (κ3) is 4.76. The SMILES string of the molecule is CC(OC(=O)C1(CC(=O)N2CCOCC2)CCCC1)C(=O)Nc1ccc2c(c1)OCO2. The molecule has 31 heavy (non-hydrogen) atoms. The Hall–Kier alpha value is -2.81. The van der Waals surface area contributed by atoms with Gasteiger partial charge in [-0.25, -0.2) is 0 Å². The normalized spacial score (nSPS) is 20.2. The molecular formula is C22H28N2O7. The Labute approximate surface area is 181 Å². The predicted octanol–water partition coefficient (Wildman–Crippen LogP) is 2.09. The summed E-state index contributed by atoms with van der Waals surface area (Å²) in [5.41, 5.74) is -0.335. The first-order chi connectivity index (χ1) is 15.0. The molecule has 9 nitrogen and oxygen atoms in total. The minimum absolute atomic E-state index is 0.0559. The van der Waals surface area contributed by atoms with Crippen LogP contribution in [-0.2, 0) is 23.9 Å². The smallest absolute Gasteiger partial charge is 0.313 e. The predicted molar refractivity (Wildman–Crippen MR) is 110 cm³/mol. The van der Waals surface area contributed by atoms with Crippen LogP contribution in [0.5, 0.6) is 11.5 Å². The molecule has 0 aromatic heterocycles. The van der Waals surface area contributed by atoms with Crippen molar-refractivity contribution in [1.29, 1.82) is 0 Å². The van der Waals surface area contributed by atoms with Gasteiger partial charge in [0.25, 0.3) is 5.91 Å². The zero-order valence-corrected chi connectivity index (χ0v) is 17.7. The van der Waals surface area contributed by atoms with Crippen LogP contribution in [0.25, 0.3) is 0 Å². The average Bonchev–Trinajstić information content (AvgIpc) is 3.44. The number of benzene rings is 1. The van der Waals surface area contributed by atoms with Gasteiger partial charge in [-0.3, -0.25) is 14.4 Å². The number of fused-ring (bicyclic) bond motifs is 1. The van der Waals surface area contributed by atoms with E-state index in [0.717, 1.165) is 12.8 Å². The Morgan fingerprint density at radius 2 is 1.84 bits per heavy atom. The summed E-state index contributed by atoms with van der Waals surface area (Å²) < 4.78 is 21.4. The van der Waals surface area contributed by atoms with Crippen molar-refractivity contribution in [2.45, 2.75) is 45.1 Å². The van der Waals surface area contributed by atoms with Gasteiger partial charge in [0, 0.05) is 31.3 Å². The molecule has 1 aliphatic carbocycles. The fourth-order valence-electron chi connectivity index (χ4n) is 4.28. The number of ether oxygens (including phenoxy) is 4. The van der Waals surface area contributed by atoms with E-state index in [4.69, 9.17) is 18.9 Å². The van der Waals surface area contributed by atoms with E-state index < -0.39 is 23.4 Å². The van der Waals surface area contributed by atoms with Gasteiger partial charge in [-0.15, -0.1) is 0 Å². The Bertz CT molecular complexity index is 844. The number of morpholine rings is 1. The molecule has 1 atom stereocenters. The van der Waals surface area contributed by atoms with Crippen molar-refractivity contribution in [3.05, 3.63) is 18.2 Å². The lowest BCUT2D eigenvalue weighted by molar-refractivity contribution is -0.166. The van der Waals surface area contributed by atoms with Crippen molar-refractivity contribution in [3.8, 4) is 11.5 Å². The van der Waals surface area contributed by atoms with Crippen LogP contribution in [0.4, 0.5) is 5.69 Å². The number of esters is 1. The third-order valence-corrected chi connectivity index (χ3v) is 6.14. The van der Waals surface area contributed by atoms with Crippen molar-refractivity contribution in [1.82, 2.24) is 4.90 Å². The van der Waals surface area contributed by atoms with Crippen LogP contribution >= 0.6 is 0 Å². The summed E-state index contributed by atoms with van der Waals surface area (Å²) >= 11 is 0. The van der Waals surface area contributed by atoms with Gasteiger partial charge in [-0.2, -0.15) is 0 Å².